The van der Waals surface area contributed by atoms with Gasteiger partial charge in [-0.05, 0) is 75.5 Å². The molecule has 0 amide bonds. The van der Waals surface area contributed by atoms with Crippen molar-refractivity contribution in [1.82, 2.24) is 4.90 Å². The first-order chi connectivity index (χ1) is 14.0. The zero-order valence-electron chi connectivity index (χ0n) is 19.6. The van der Waals surface area contributed by atoms with Gasteiger partial charge in [0, 0.05) is 18.5 Å². The van der Waals surface area contributed by atoms with Crippen molar-refractivity contribution in [2.45, 2.75) is 79.7 Å². The lowest BCUT2D eigenvalue weighted by Gasteiger charge is -2.30. The van der Waals surface area contributed by atoms with Crippen LogP contribution in [0.25, 0.3) is 0 Å². The van der Waals surface area contributed by atoms with Crippen molar-refractivity contribution in [1.29, 1.82) is 0 Å². The van der Waals surface area contributed by atoms with Crippen molar-refractivity contribution in [3.05, 3.63) is 76.7 Å². The number of nitrogens with zero attached hydrogens (tertiary/aromatic N) is 1. The van der Waals surface area contributed by atoms with Crippen LogP contribution in [-0.2, 0) is 6.42 Å². The van der Waals surface area contributed by atoms with Crippen molar-refractivity contribution in [2.75, 3.05) is 6.54 Å². The first-order valence-corrected chi connectivity index (χ1v) is 11.6. The lowest BCUT2D eigenvalue weighted by Crippen LogP contribution is -2.31. The maximum absolute atomic E-state index is 4.05. The highest BCUT2D eigenvalue weighted by molar-refractivity contribution is 5.31. The maximum atomic E-state index is 4.05. The van der Waals surface area contributed by atoms with E-state index >= 15 is 0 Å². The first-order valence-electron chi connectivity index (χ1n) is 11.6. The molecule has 1 saturated heterocycles. The van der Waals surface area contributed by atoms with Gasteiger partial charge in [0.1, 0.15) is 0 Å². The molecule has 3 atom stereocenters. The summed E-state index contributed by atoms with van der Waals surface area (Å²) >= 11 is 0. The zero-order valence-corrected chi connectivity index (χ0v) is 19.6. The van der Waals surface area contributed by atoms with Crippen LogP contribution in [-0.4, -0.2) is 17.5 Å². The highest BCUT2D eigenvalue weighted by atomic mass is 15.2. The molecule has 1 heterocycles. The number of hydrogen-bond donors (Lipinski definition) is 0. The average molecular weight is 392 g/mol. The molecule has 158 valence electrons. The molecule has 0 spiro atoms. The van der Waals surface area contributed by atoms with Gasteiger partial charge in [-0.3, -0.25) is 0 Å². The molecule has 1 unspecified atom stereocenters. The van der Waals surface area contributed by atoms with Gasteiger partial charge in [0.25, 0.3) is 0 Å². The Bertz CT molecular complexity index is 776. The fraction of sp³-hybridized carbons (Fsp3) is 0.536. The normalized spacial score (nSPS) is 22.3. The number of likely N-dealkylation sites (tertiary alicyclic amines) is 1. The van der Waals surface area contributed by atoms with Crippen LogP contribution in [0.2, 0.25) is 0 Å². The van der Waals surface area contributed by atoms with Gasteiger partial charge in [0.2, 0.25) is 0 Å². The van der Waals surface area contributed by atoms with Gasteiger partial charge in [-0.15, -0.1) is 5.73 Å². The summed E-state index contributed by atoms with van der Waals surface area (Å²) in [7, 11) is 0. The molecular weight excluding hydrogens is 350 g/mol. The Labute approximate surface area is 179 Å². The minimum atomic E-state index is 0.454. The van der Waals surface area contributed by atoms with Gasteiger partial charge >= 0.3 is 0 Å². The lowest BCUT2D eigenvalue weighted by atomic mass is 9.93. The lowest BCUT2D eigenvalue weighted by molar-refractivity contribution is 0.327. The molecule has 3 rings (SSSR count). The molecule has 1 fully saturated rings. The summed E-state index contributed by atoms with van der Waals surface area (Å²) in [6, 6.07) is 7.30. The number of aryl methyl sites for hydroxylation is 3. The minimum Gasteiger partial charge on any atom is -0.362 e. The van der Waals surface area contributed by atoms with Crippen molar-refractivity contribution < 1.29 is 0 Å². The molecule has 0 saturated carbocycles. The van der Waals surface area contributed by atoms with Crippen molar-refractivity contribution in [3.8, 4) is 0 Å². The predicted octanol–water partition coefficient (Wildman–Crippen LogP) is 7.55. The smallest absolute Gasteiger partial charge is 0.0595 e. The molecule has 1 nitrogen and oxygen atoms in total. The Morgan fingerprint density at radius 2 is 1.97 bits per heavy atom. The Morgan fingerprint density at radius 1 is 1.21 bits per heavy atom. The largest absolute Gasteiger partial charge is 0.362 e. The molecule has 0 aromatic heterocycles. The Balaban J connectivity index is 0.00000145. The second-order valence-corrected chi connectivity index (χ2v) is 8.53. The minimum absolute atomic E-state index is 0.454. The summed E-state index contributed by atoms with van der Waals surface area (Å²) in [5.74, 6) is 1.27. The van der Waals surface area contributed by atoms with Gasteiger partial charge in [-0.1, -0.05) is 69.3 Å². The van der Waals surface area contributed by atoms with Gasteiger partial charge in [0.15, 0.2) is 0 Å². The van der Waals surface area contributed by atoms with Crippen LogP contribution in [0.4, 0.5) is 0 Å². The molecular formula is C28H41N. The Hall–Kier alpha value is -1.98. The molecule has 29 heavy (non-hydrogen) atoms. The summed E-state index contributed by atoms with van der Waals surface area (Å²) in [5, 5.41) is 0. The molecule has 1 aliphatic carbocycles. The molecule has 2 aliphatic rings. The zero-order chi connectivity index (χ0) is 21.4. The first kappa shape index (κ1) is 23.3. The molecule has 1 aliphatic heterocycles. The van der Waals surface area contributed by atoms with Gasteiger partial charge in [-0.2, -0.15) is 0 Å². The van der Waals surface area contributed by atoms with E-state index < -0.39 is 0 Å². The van der Waals surface area contributed by atoms with E-state index in [2.05, 4.69) is 81.3 Å². The number of allylic oxidation sites excluding steroid dienone is 4. The van der Waals surface area contributed by atoms with Gasteiger partial charge in [0.05, 0.1) is 5.70 Å². The number of benzene rings is 1. The van der Waals surface area contributed by atoms with E-state index in [1.54, 1.807) is 5.57 Å². The SMILES string of the molecule is C=C=C1[C@@H](CCc2ccc(C)cc2C)CCN1[C@@H](C)C1=CC=CC(C)CC1.CC. The van der Waals surface area contributed by atoms with E-state index in [4.69, 9.17) is 0 Å². The molecule has 0 bridgehead atoms. The standard InChI is InChI=1S/C26H35N.C2H6/c1-6-26-25(15-14-23-12-11-20(3)18-21(23)4)16-17-27(26)22(5)24-9-7-8-19(2)10-13-24;1-2/h7-9,11-12,18-19,22,25H,1,10,13-17H2,2-5H3;1-2H3/t19?,22-,25-;/m0./s1. The maximum Gasteiger partial charge on any atom is 0.0595 e. The number of rotatable bonds is 5. The van der Waals surface area contributed by atoms with Crippen LogP contribution in [0.1, 0.15) is 70.1 Å². The third-order valence-electron chi connectivity index (χ3n) is 6.50. The topological polar surface area (TPSA) is 3.24 Å². The van der Waals surface area contributed by atoms with E-state index in [0.29, 0.717) is 17.9 Å². The fourth-order valence-corrected chi connectivity index (χ4v) is 4.66. The van der Waals surface area contributed by atoms with Gasteiger partial charge < -0.3 is 4.90 Å². The molecule has 1 aromatic carbocycles. The summed E-state index contributed by atoms with van der Waals surface area (Å²) in [6.07, 6.45) is 13.0. The molecule has 0 N–H and O–H groups in total. The third-order valence-corrected chi connectivity index (χ3v) is 6.50. The quantitative estimate of drug-likeness (QED) is 0.468. The summed E-state index contributed by atoms with van der Waals surface area (Å²) in [5.41, 5.74) is 10.5. The Kier molecular flexibility index (Phi) is 9.05. The highest BCUT2D eigenvalue weighted by Gasteiger charge is 2.31. The third kappa shape index (κ3) is 6.00. The average Bonchev–Trinajstić information content (AvgIpc) is 3.01. The van der Waals surface area contributed by atoms with E-state index in [1.165, 1.54) is 48.1 Å². The fourth-order valence-electron chi connectivity index (χ4n) is 4.66. The summed E-state index contributed by atoms with van der Waals surface area (Å²) in [4.78, 5) is 2.56. The molecule has 1 heteroatoms. The summed E-state index contributed by atoms with van der Waals surface area (Å²) < 4.78 is 0. The summed E-state index contributed by atoms with van der Waals surface area (Å²) in [6.45, 7) is 18.3. The molecule has 0 radical (unpaired) electrons. The van der Waals surface area contributed by atoms with Crippen LogP contribution < -0.4 is 0 Å². The molecule has 1 aromatic rings. The van der Waals surface area contributed by atoms with E-state index in [9.17, 15) is 0 Å². The van der Waals surface area contributed by atoms with Crippen molar-refractivity contribution in [2.24, 2.45) is 11.8 Å². The van der Waals surface area contributed by atoms with Crippen LogP contribution in [0, 0.1) is 25.7 Å². The second-order valence-electron chi connectivity index (χ2n) is 8.53. The highest BCUT2D eigenvalue weighted by Crippen LogP contribution is 2.35. The number of hydrogen-bond acceptors (Lipinski definition) is 1. The van der Waals surface area contributed by atoms with Crippen LogP contribution in [0.3, 0.4) is 0 Å². The van der Waals surface area contributed by atoms with E-state index in [0.717, 1.165) is 13.0 Å². The van der Waals surface area contributed by atoms with Crippen molar-refractivity contribution >= 4 is 0 Å². The van der Waals surface area contributed by atoms with Crippen LogP contribution >= 0.6 is 0 Å². The van der Waals surface area contributed by atoms with E-state index in [1.807, 2.05) is 13.8 Å². The van der Waals surface area contributed by atoms with Crippen molar-refractivity contribution in [3.63, 3.8) is 0 Å². The van der Waals surface area contributed by atoms with Crippen LogP contribution in [0.5, 0.6) is 0 Å². The Morgan fingerprint density at radius 3 is 2.66 bits per heavy atom. The van der Waals surface area contributed by atoms with Gasteiger partial charge in [-0.25, -0.2) is 0 Å². The van der Waals surface area contributed by atoms with E-state index in [-0.39, 0.29) is 0 Å². The monoisotopic (exact) mass is 391 g/mol. The second kappa shape index (κ2) is 11.3. The predicted molar refractivity (Wildman–Crippen MR) is 128 cm³/mol. The van der Waals surface area contributed by atoms with Crippen LogP contribution in [0.15, 0.2) is 60.0 Å².